The third-order valence-corrected chi connectivity index (χ3v) is 3.72. The number of carbonyl (C=O) groups is 1. The predicted molar refractivity (Wildman–Crippen MR) is 79.4 cm³/mol. The largest absolute Gasteiger partial charge is 0.370 e. The molecule has 0 saturated carbocycles. The molecule has 0 aromatic heterocycles. The van der Waals surface area contributed by atoms with E-state index in [4.69, 9.17) is 5.73 Å². The maximum absolute atomic E-state index is 12.2. The number of benzene rings is 1. The van der Waals surface area contributed by atoms with Crippen LogP contribution in [0.25, 0.3) is 0 Å². The molecule has 1 amide bonds. The second-order valence-corrected chi connectivity index (χ2v) is 5.75. The average Bonchev–Trinajstić information content (AvgIpc) is 2.93. The van der Waals surface area contributed by atoms with Crippen LogP contribution in [-0.4, -0.2) is 25.5 Å². The zero-order chi connectivity index (χ0) is 13.9. The van der Waals surface area contributed by atoms with Crippen molar-refractivity contribution in [3.8, 4) is 0 Å². The number of para-hydroxylation sites is 2. The van der Waals surface area contributed by atoms with Crippen LogP contribution in [0.2, 0.25) is 0 Å². The van der Waals surface area contributed by atoms with Crippen LogP contribution >= 0.6 is 0 Å². The molecule has 1 aromatic carbocycles. The van der Waals surface area contributed by atoms with E-state index < -0.39 is 5.41 Å². The Balaban J connectivity index is 2.18. The van der Waals surface area contributed by atoms with Crippen LogP contribution < -0.4 is 16.0 Å². The molecule has 4 nitrogen and oxygen atoms in total. The van der Waals surface area contributed by atoms with Crippen LogP contribution in [0.1, 0.15) is 26.7 Å². The smallest absolute Gasteiger partial charge is 0.231 e. The zero-order valence-corrected chi connectivity index (χ0v) is 11.8. The third-order valence-electron chi connectivity index (χ3n) is 3.72. The van der Waals surface area contributed by atoms with Crippen molar-refractivity contribution in [3.05, 3.63) is 24.3 Å². The minimum Gasteiger partial charge on any atom is -0.370 e. The summed E-state index contributed by atoms with van der Waals surface area (Å²) < 4.78 is 0. The molecular formula is C15H23N3O. The summed E-state index contributed by atoms with van der Waals surface area (Å²) in [4.78, 5) is 14.5. The summed E-state index contributed by atoms with van der Waals surface area (Å²) in [5.41, 5.74) is 7.10. The normalized spacial score (nSPS) is 15.6. The van der Waals surface area contributed by atoms with Crippen molar-refractivity contribution in [1.29, 1.82) is 0 Å². The predicted octanol–water partition coefficient (Wildman–Crippen LogP) is 2.21. The maximum atomic E-state index is 12.2. The van der Waals surface area contributed by atoms with Crippen LogP contribution in [0.5, 0.6) is 0 Å². The molecule has 104 valence electrons. The van der Waals surface area contributed by atoms with Gasteiger partial charge in [-0.25, -0.2) is 0 Å². The first-order chi connectivity index (χ1) is 9.04. The molecule has 0 unspecified atom stereocenters. The summed E-state index contributed by atoms with van der Waals surface area (Å²) in [5.74, 6) is -0.0263. The van der Waals surface area contributed by atoms with E-state index in [1.165, 1.54) is 12.8 Å². The monoisotopic (exact) mass is 261 g/mol. The summed E-state index contributed by atoms with van der Waals surface area (Å²) in [6, 6.07) is 7.98. The van der Waals surface area contributed by atoms with Gasteiger partial charge in [-0.2, -0.15) is 0 Å². The topological polar surface area (TPSA) is 58.4 Å². The van der Waals surface area contributed by atoms with Gasteiger partial charge in [0.2, 0.25) is 5.91 Å². The second-order valence-electron chi connectivity index (χ2n) is 5.75. The molecule has 1 aliphatic heterocycles. The number of amides is 1. The lowest BCUT2D eigenvalue weighted by Gasteiger charge is -2.25. The molecule has 19 heavy (non-hydrogen) atoms. The number of nitrogens with two attached hydrogens (primary N) is 1. The molecule has 0 atom stereocenters. The Labute approximate surface area is 115 Å². The Morgan fingerprint density at radius 3 is 2.58 bits per heavy atom. The minimum atomic E-state index is -0.544. The van der Waals surface area contributed by atoms with Crippen molar-refractivity contribution < 1.29 is 4.79 Å². The highest BCUT2D eigenvalue weighted by Gasteiger charge is 2.27. The van der Waals surface area contributed by atoms with E-state index in [-0.39, 0.29) is 5.91 Å². The standard InChI is InChI=1S/C15H23N3O/c1-15(2,11-16)14(19)17-12-7-3-4-8-13(12)18-9-5-6-10-18/h3-4,7-8H,5-6,9-11,16H2,1-2H3,(H,17,19). The fraction of sp³-hybridized carbons (Fsp3) is 0.533. The number of carbonyl (C=O) groups excluding carboxylic acids is 1. The van der Waals surface area contributed by atoms with Gasteiger partial charge in [0.15, 0.2) is 0 Å². The highest BCUT2D eigenvalue weighted by molar-refractivity contribution is 5.97. The van der Waals surface area contributed by atoms with Gasteiger partial charge in [0.05, 0.1) is 16.8 Å². The molecule has 0 bridgehead atoms. The van der Waals surface area contributed by atoms with Crippen LogP contribution in [-0.2, 0) is 4.79 Å². The fourth-order valence-electron chi connectivity index (χ4n) is 2.20. The first-order valence-electron chi connectivity index (χ1n) is 6.90. The van der Waals surface area contributed by atoms with Gasteiger partial charge < -0.3 is 16.0 Å². The van der Waals surface area contributed by atoms with Crippen LogP contribution in [0, 0.1) is 5.41 Å². The van der Waals surface area contributed by atoms with Gasteiger partial charge in [-0.15, -0.1) is 0 Å². The molecule has 0 radical (unpaired) electrons. The number of rotatable bonds is 4. The molecule has 0 spiro atoms. The van der Waals surface area contributed by atoms with Crippen molar-refractivity contribution in [2.24, 2.45) is 11.1 Å². The highest BCUT2D eigenvalue weighted by atomic mass is 16.2. The van der Waals surface area contributed by atoms with E-state index in [0.29, 0.717) is 6.54 Å². The number of anilines is 2. The van der Waals surface area contributed by atoms with Gasteiger partial charge in [0.25, 0.3) is 0 Å². The van der Waals surface area contributed by atoms with Crippen molar-refractivity contribution in [1.82, 2.24) is 0 Å². The first kappa shape index (κ1) is 13.9. The van der Waals surface area contributed by atoms with Gasteiger partial charge in [-0.05, 0) is 38.8 Å². The SMILES string of the molecule is CC(C)(CN)C(=O)Nc1ccccc1N1CCCC1. The lowest BCUT2D eigenvalue weighted by Crippen LogP contribution is -2.37. The van der Waals surface area contributed by atoms with Crippen LogP contribution in [0.3, 0.4) is 0 Å². The van der Waals surface area contributed by atoms with E-state index in [1.54, 1.807) is 0 Å². The quantitative estimate of drug-likeness (QED) is 0.873. The summed E-state index contributed by atoms with van der Waals surface area (Å²) in [7, 11) is 0. The van der Waals surface area contributed by atoms with Crippen molar-refractivity contribution in [3.63, 3.8) is 0 Å². The Bertz CT molecular complexity index is 450. The lowest BCUT2D eigenvalue weighted by atomic mass is 9.92. The van der Waals surface area contributed by atoms with Gasteiger partial charge >= 0.3 is 0 Å². The van der Waals surface area contributed by atoms with Gasteiger partial charge in [-0.1, -0.05) is 12.1 Å². The summed E-state index contributed by atoms with van der Waals surface area (Å²) in [6.07, 6.45) is 2.44. The molecule has 1 saturated heterocycles. The minimum absolute atomic E-state index is 0.0263. The summed E-state index contributed by atoms with van der Waals surface area (Å²) in [6.45, 7) is 6.19. The number of hydrogen-bond acceptors (Lipinski definition) is 3. The summed E-state index contributed by atoms with van der Waals surface area (Å²) in [5, 5.41) is 3.02. The number of hydrogen-bond donors (Lipinski definition) is 2. The van der Waals surface area contributed by atoms with Crippen LogP contribution in [0.15, 0.2) is 24.3 Å². The first-order valence-corrected chi connectivity index (χ1v) is 6.90. The Hall–Kier alpha value is -1.55. The molecular weight excluding hydrogens is 238 g/mol. The zero-order valence-electron chi connectivity index (χ0n) is 11.8. The fourth-order valence-corrected chi connectivity index (χ4v) is 2.20. The molecule has 1 heterocycles. The maximum Gasteiger partial charge on any atom is 0.231 e. The highest BCUT2D eigenvalue weighted by Crippen LogP contribution is 2.29. The number of nitrogens with one attached hydrogen (secondary N) is 1. The average molecular weight is 261 g/mol. The van der Waals surface area contributed by atoms with Crippen LogP contribution in [0.4, 0.5) is 11.4 Å². The van der Waals surface area contributed by atoms with E-state index in [1.807, 2.05) is 32.0 Å². The van der Waals surface area contributed by atoms with Gasteiger partial charge in [0.1, 0.15) is 0 Å². The van der Waals surface area contributed by atoms with Gasteiger partial charge in [0, 0.05) is 19.6 Å². The molecule has 1 aliphatic rings. The third kappa shape index (κ3) is 3.07. The Kier molecular flexibility index (Phi) is 4.10. The van der Waals surface area contributed by atoms with E-state index in [2.05, 4.69) is 16.3 Å². The Morgan fingerprint density at radius 1 is 1.32 bits per heavy atom. The van der Waals surface area contributed by atoms with E-state index in [9.17, 15) is 4.79 Å². The second kappa shape index (κ2) is 5.61. The molecule has 0 aliphatic carbocycles. The Morgan fingerprint density at radius 2 is 1.95 bits per heavy atom. The number of nitrogens with zero attached hydrogens (tertiary/aromatic N) is 1. The molecule has 1 fully saturated rings. The molecule has 3 N–H and O–H groups in total. The van der Waals surface area contributed by atoms with Crippen molar-refractivity contribution in [2.45, 2.75) is 26.7 Å². The van der Waals surface area contributed by atoms with E-state index in [0.717, 1.165) is 24.5 Å². The van der Waals surface area contributed by atoms with Gasteiger partial charge in [-0.3, -0.25) is 4.79 Å². The molecule has 1 aromatic rings. The van der Waals surface area contributed by atoms with E-state index >= 15 is 0 Å². The molecule has 4 heteroatoms. The molecule has 2 rings (SSSR count). The van der Waals surface area contributed by atoms with Crippen molar-refractivity contribution >= 4 is 17.3 Å². The lowest BCUT2D eigenvalue weighted by molar-refractivity contribution is -0.123. The summed E-state index contributed by atoms with van der Waals surface area (Å²) >= 11 is 0. The van der Waals surface area contributed by atoms with Crippen molar-refractivity contribution in [2.75, 3.05) is 29.9 Å².